The lowest BCUT2D eigenvalue weighted by atomic mass is 10.3. The van der Waals surface area contributed by atoms with E-state index in [9.17, 15) is 0 Å². The molecule has 0 aliphatic carbocycles. The van der Waals surface area contributed by atoms with Crippen LogP contribution in [0, 0.1) is 0 Å². The van der Waals surface area contributed by atoms with Gasteiger partial charge < -0.3 is 21.0 Å². The first-order valence-corrected chi connectivity index (χ1v) is 4.22. The Morgan fingerprint density at radius 3 is 2.50 bits per heavy atom. The van der Waals surface area contributed by atoms with Gasteiger partial charge in [0.05, 0.1) is 19.3 Å². The highest BCUT2D eigenvalue weighted by molar-refractivity contribution is 5.44. The van der Waals surface area contributed by atoms with E-state index >= 15 is 0 Å². The highest BCUT2D eigenvalue weighted by Gasteiger charge is 2.05. The Bertz CT molecular complexity index is 278. The number of nitrogen functional groups attached to an aromatic ring is 1. The van der Waals surface area contributed by atoms with Crippen molar-refractivity contribution in [2.75, 3.05) is 24.0 Å². The minimum atomic E-state index is -0.407. The van der Waals surface area contributed by atoms with Gasteiger partial charge in [-0.15, -0.1) is 0 Å². The molecule has 0 saturated heterocycles. The number of aliphatic hydroxyl groups is 2. The summed E-state index contributed by atoms with van der Waals surface area (Å²) >= 11 is 0. The zero-order valence-electron chi connectivity index (χ0n) is 7.64. The van der Waals surface area contributed by atoms with Gasteiger partial charge in [-0.05, 0) is 12.1 Å². The molecule has 0 atom stereocenters. The molecule has 0 aliphatic rings. The normalized spacial score (nSPS) is 10.3. The monoisotopic (exact) mass is 198 g/mol. The van der Waals surface area contributed by atoms with Gasteiger partial charge in [-0.2, -0.15) is 0 Å². The molecule has 0 radical (unpaired) electrons. The van der Waals surface area contributed by atoms with Gasteiger partial charge in [-0.1, -0.05) is 6.07 Å². The predicted octanol–water partition coefficient (Wildman–Crippen LogP) is -0.868. The lowest BCUT2D eigenvalue weighted by Crippen LogP contribution is -2.28. The van der Waals surface area contributed by atoms with E-state index in [1.807, 2.05) is 0 Å². The summed E-state index contributed by atoms with van der Waals surface area (Å²) in [5.41, 5.74) is 2.40. The molecule has 0 unspecified atom stereocenters. The number of hydrazine groups is 1. The number of nitrogens with zero attached hydrogens (tertiary/aromatic N) is 1. The molecule has 1 heterocycles. The van der Waals surface area contributed by atoms with Gasteiger partial charge in [0.1, 0.15) is 11.6 Å². The summed E-state index contributed by atoms with van der Waals surface area (Å²) in [5, 5.41) is 20.5. The summed E-state index contributed by atoms with van der Waals surface area (Å²) in [6.07, 6.45) is 0. The van der Waals surface area contributed by atoms with Crippen LogP contribution in [0.4, 0.5) is 11.6 Å². The third-order valence-electron chi connectivity index (χ3n) is 1.69. The molecule has 0 bridgehead atoms. The number of nitrogens with one attached hydrogen (secondary N) is 2. The molecule has 78 valence electrons. The second-order valence-corrected chi connectivity index (χ2v) is 2.76. The number of hydrogen-bond donors (Lipinski definition) is 5. The van der Waals surface area contributed by atoms with Crippen molar-refractivity contribution in [1.29, 1.82) is 0 Å². The molecule has 1 aromatic rings. The predicted molar refractivity (Wildman–Crippen MR) is 53.6 cm³/mol. The van der Waals surface area contributed by atoms with Crippen LogP contribution < -0.4 is 16.6 Å². The number of pyridine rings is 1. The van der Waals surface area contributed by atoms with Crippen LogP contribution in [0.15, 0.2) is 18.2 Å². The number of aliphatic hydroxyl groups excluding tert-OH is 2. The second kappa shape index (κ2) is 5.38. The Hall–Kier alpha value is -1.37. The van der Waals surface area contributed by atoms with E-state index in [0.29, 0.717) is 11.6 Å². The largest absolute Gasteiger partial charge is 0.394 e. The summed E-state index contributed by atoms with van der Waals surface area (Å²) < 4.78 is 0. The van der Waals surface area contributed by atoms with Crippen LogP contribution in [-0.2, 0) is 0 Å². The van der Waals surface area contributed by atoms with Crippen LogP contribution in [0.2, 0.25) is 0 Å². The summed E-state index contributed by atoms with van der Waals surface area (Å²) in [4.78, 5) is 4.06. The second-order valence-electron chi connectivity index (χ2n) is 2.76. The smallest absolute Gasteiger partial charge is 0.142 e. The third kappa shape index (κ3) is 2.84. The molecule has 0 saturated carbocycles. The van der Waals surface area contributed by atoms with E-state index in [1.165, 1.54) is 0 Å². The molecule has 6 N–H and O–H groups in total. The van der Waals surface area contributed by atoms with Crippen molar-refractivity contribution in [3.8, 4) is 0 Å². The maximum atomic E-state index is 8.82. The van der Waals surface area contributed by atoms with E-state index in [0.717, 1.165) is 0 Å². The van der Waals surface area contributed by atoms with Crippen molar-refractivity contribution in [2.45, 2.75) is 6.04 Å². The van der Waals surface area contributed by atoms with E-state index in [1.54, 1.807) is 18.2 Å². The molecule has 0 amide bonds. The van der Waals surface area contributed by atoms with Gasteiger partial charge in [-0.3, -0.25) is 0 Å². The Labute approximate surface area is 81.7 Å². The van der Waals surface area contributed by atoms with E-state index in [4.69, 9.17) is 16.1 Å². The molecule has 0 fully saturated rings. The van der Waals surface area contributed by atoms with Crippen molar-refractivity contribution in [3.63, 3.8) is 0 Å². The van der Waals surface area contributed by atoms with Crippen molar-refractivity contribution >= 4 is 11.6 Å². The van der Waals surface area contributed by atoms with Crippen LogP contribution in [0.1, 0.15) is 0 Å². The lowest BCUT2D eigenvalue weighted by molar-refractivity contribution is 0.203. The molecule has 0 aliphatic heterocycles. The fourth-order valence-corrected chi connectivity index (χ4v) is 0.954. The number of hydrogen-bond acceptors (Lipinski definition) is 6. The van der Waals surface area contributed by atoms with Crippen LogP contribution >= 0.6 is 0 Å². The molecule has 1 rings (SSSR count). The van der Waals surface area contributed by atoms with Gasteiger partial charge in [-0.25, -0.2) is 10.8 Å². The van der Waals surface area contributed by atoms with Gasteiger partial charge in [0.25, 0.3) is 0 Å². The molecule has 6 nitrogen and oxygen atoms in total. The van der Waals surface area contributed by atoms with Gasteiger partial charge in [0.2, 0.25) is 0 Å². The van der Waals surface area contributed by atoms with Crippen LogP contribution in [0.3, 0.4) is 0 Å². The standard InChI is InChI=1S/C8H14N4O2/c9-12-8-3-1-2-7(11-8)10-6(4-13)5-14/h1-3,6,13-14H,4-5,9H2,(H2,10,11,12). The number of anilines is 2. The van der Waals surface area contributed by atoms with Crippen LogP contribution in [-0.4, -0.2) is 34.5 Å². The summed E-state index contributed by atoms with van der Waals surface area (Å²) in [5.74, 6) is 6.24. The third-order valence-corrected chi connectivity index (χ3v) is 1.69. The lowest BCUT2D eigenvalue weighted by Gasteiger charge is -2.14. The fraction of sp³-hybridized carbons (Fsp3) is 0.375. The summed E-state index contributed by atoms with van der Waals surface area (Å²) in [7, 11) is 0. The van der Waals surface area contributed by atoms with E-state index < -0.39 is 6.04 Å². The van der Waals surface area contributed by atoms with Crippen LogP contribution in [0.25, 0.3) is 0 Å². The highest BCUT2D eigenvalue weighted by atomic mass is 16.3. The first-order valence-electron chi connectivity index (χ1n) is 4.22. The van der Waals surface area contributed by atoms with Crippen molar-refractivity contribution in [1.82, 2.24) is 4.98 Å². The molecule has 14 heavy (non-hydrogen) atoms. The molecular formula is C8H14N4O2. The zero-order chi connectivity index (χ0) is 10.4. The van der Waals surface area contributed by atoms with Gasteiger partial charge in [0, 0.05) is 0 Å². The van der Waals surface area contributed by atoms with Gasteiger partial charge in [0.15, 0.2) is 0 Å². The van der Waals surface area contributed by atoms with Gasteiger partial charge >= 0.3 is 0 Å². The Morgan fingerprint density at radius 1 is 1.29 bits per heavy atom. The average Bonchev–Trinajstić information content (AvgIpc) is 2.26. The minimum Gasteiger partial charge on any atom is -0.394 e. The minimum absolute atomic E-state index is 0.154. The maximum absolute atomic E-state index is 8.82. The first-order chi connectivity index (χ1) is 6.80. The molecular weight excluding hydrogens is 184 g/mol. The number of rotatable bonds is 5. The van der Waals surface area contributed by atoms with E-state index in [2.05, 4.69) is 15.7 Å². The summed E-state index contributed by atoms with van der Waals surface area (Å²) in [6.45, 7) is -0.309. The number of nitrogens with two attached hydrogens (primary N) is 1. The SMILES string of the molecule is NNc1cccc(NC(CO)CO)n1. The van der Waals surface area contributed by atoms with E-state index in [-0.39, 0.29) is 13.2 Å². The van der Waals surface area contributed by atoms with Crippen molar-refractivity contribution in [3.05, 3.63) is 18.2 Å². The molecule has 0 spiro atoms. The Kier molecular flexibility index (Phi) is 4.11. The Balaban J connectivity index is 2.65. The maximum Gasteiger partial charge on any atom is 0.142 e. The topological polar surface area (TPSA) is 103 Å². The fourth-order valence-electron chi connectivity index (χ4n) is 0.954. The van der Waals surface area contributed by atoms with Crippen molar-refractivity contribution in [2.24, 2.45) is 5.84 Å². The number of aromatic nitrogens is 1. The Morgan fingerprint density at radius 2 is 1.93 bits per heavy atom. The zero-order valence-corrected chi connectivity index (χ0v) is 7.64. The first kappa shape index (κ1) is 10.7. The quantitative estimate of drug-likeness (QED) is 0.311. The highest BCUT2D eigenvalue weighted by Crippen LogP contribution is 2.08. The molecule has 1 aromatic heterocycles. The molecule has 6 heteroatoms. The summed E-state index contributed by atoms with van der Waals surface area (Å²) in [6, 6.07) is 4.78. The van der Waals surface area contributed by atoms with Crippen molar-refractivity contribution < 1.29 is 10.2 Å². The van der Waals surface area contributed by atoms with Crippen LogP contribution in [0.5, 0.6) is 0 Å². The average molecular weight is 198 g/mol. The molecule has 0 aromatic carbocycles.